The lowest BCUT2D eigenvalue weighted by Gasteiger charge is -2.46. The average molecular weight is 934 g/mol. The van der Waals surface area contributed by atoms with Crippen molar-refractivity contribution in [3.63, 3.8) is 0 Å². The molecule has 11 aromatic rings. The highest BCUT2D eigenvalue weighted by Crippen LogP contribution is 2.57. The first-order chi connectivity index (χ1) is 35.7. The van der Waals surface area contributed by atoms with Crippen molar-refractivity contribution >= 4 is 69.0 Å². The topological polar surface area (TPSA) is 21.7 Å². The molecular weight excluding hydrogens is 890 g/mol. The summed E-state index contributed by atoms with van der Waals surface area (Å²) in [5.41, 5.74) is 16.2. The van der Waals surface area contributed by atoms with Crippen molar-refractivity contribution in [3.05, 3.63) is 289 Å². The molecule has 72 heavy (non-hydrogen) atoms. The first-order valence-electron chi connectivity index (χ1n) is 24.9. The average Bonchev–Trinajstić information content (AvgIpc) is 3.76. The molecule has 0 atom stereocenters. The Bertz CT molecular complexity index is 3880. The first kappa shape index (κ1) is 40.9. The zero-order chi connectivity index (χ0) is 47.4. The summed E-state index contributed by atoms with van der Waals surface area (Å²) in [5, 5.41) is 5.33. The van der Waals surface area contributed by atoms with Gasteiger partial charge in [0, 0.05) is 16.8 Å². The van der Waals surface area contributed by atoms with E-state index in [4.69, 9.17) is 9.47 Å². The fourth-order valence-electron chi connectivity index (χ4n) is 13.1. The Morgan fingerprint density at radius 2 is 0.889 bits per heavy atom. The summed E-state index contributed by atoms with van der Waals surface area (Å²) in [7, 11) is -3.08. The van der Waals surface area contributed by atoms with Gasteiger partial charge in [0.2, 0.25) is 0 Å². The van der Waals surface area contributed by atoms with Gasteiger partial charge in [-0.1, -0.05) is 224 Å². The summed E-state index contributed by atoms with van der Waals surface area (Å²) >= 11 is 0. The minimum atomic E-state index is -3.08. The maximum absolute atomic E-state index is 7.22. The molecule has 0 radical (unpaired) electrons. The van der Waals surface area contributed by atoms with Crippen molar-refractivity contribution in [2.45, 2.75) is 5.41 Å². The van der Waals surface area contributed by atoms with Crippen molar-refractivity contribution in [1.82, 2.24) is 0 Å². The molecule has 0 bridgehead atoms. The number of para-hydroxylation sites is 3. The van der Waals surface area contributed by atoms with E-state index < -0.39 is 13.5 Å². The van der Waals surface area contributed by atoms with Gasteiger partial charge in [0.1, 0.15) is 23.0 Å². The van der Waals surface area contributed by atoms with Gasteiger partial charge in [0.15, 0.2) is 8.07 Å². The monoisotopic (exact) mass is 933 g/mol. The summed E-state index contributed by atoms with van der Waals surface area (Å²) in [6.45, 7) is -0.0568. The summed E-state index contributed by atoms with van der Waals surface area (Å²) in [6, 6.07) is 98.9. The van der Waals surface area contributed by atoms with Gasteiger partial charge in [-0.05, 0) is 119 Å². The Balaban J connectivity index is 1.00. The van der Waals surface area contributed by atoms with Gasteiger partial charge in [0.25, 0.3) is 6.71 Å². The third-order valence-electron chi connectivity index (χ3n) is 15.9. The summed E-state index contributed by atoms with van der Waals surface area (Å²) in [5.74, 6) is 3.41. The van der Waals surface area contributed by atoms with Crippen LogP contribution in [-0.4, -0.2) is 14.8 Å². The van der Waals surface area contributed by atoms with Gasteiger partial charge in [-0.2, -0.15) is 0 Å². The van der Waals surface area contributed by atoms with Crippen LogP contribution in [0.3, 0.4) is 0 Å². The van der Waals surface area contributed by atoms with Crippen LogP contribution in [0.5, 0.6) is 23.0 Å². The third-order valence-corrected chi connectivity index (χ3v) is 20.8. The summed E-state index contributed by atoms with van der Waals surface area (Å²) in [6.07, 6.45) is 0. The minimum Gasteiger partial charge on any atom is -0.458 e. The van der Waals surface area contributed by atoms with Crippen LogP contribution in [0.25, 0.3) is 22.3 Å². The molecule has 3 heterocycles. The zero-order valence-corrected chi connectivity index (χ0v) is 40.2. The molecule has 0 aromatic heterocycles. The van der Waals surface area contributed by atoms with Crippen molar-refractivity contribution in [1.29, 1.82) is 0 Å². The molecule has 0 saturated heterocycles. The Labute approximate surface area is 421 Å². The van der Waals surface area contributed by atoms with E-state index in [1.807, 2.05) is 6.07 Å². The molecule has 3 aliphatic heterocycles. The Hall–Kier alpha value is -8.90. The highest BCUT2D eigenvalue weighted by Gasteiger charge is 2.51. The van der Waals surface area contributed by atoms with E-state index in [1.54, 1.807) is 0 Å². The van der Waals surface area contributed by atoms with Crippen molar-refractivity contribution in [3.8, 4) is 45.3 Å². The van der Waals surface area contributed by atoms with Gasteiger partial charge in [-0.15, -0.1) is 0 Å². The van der Waals surface area contributed by atoms with Crippen molar-refractivity contribution in [2.24, 2.45) is 0 Å². The zero-order valence-electron chi connectivity index (χ0n) is 39.2. The smallest absolute Gasteiger partial charge is 0.260 e. The van der Waals surface area contributed by atoms with E-state index in [9.17, 15) is 0 Å². The predicted molar refractivity (Wildman–Crippen MR) is 299 cm³/mol. The molecule has 0 spiro atoms. The molecule has 5 heteroatoms. The highest BCUT2D eigenvalue weighted by atomic mass is 28.3. The molecule has 3 nitrogen and oxygen atoms in total. The van der Waals surface area contributed by atoms with E-state index in [-0.39, 0.29) is 6.71 Å². The number of benzene rings is 11. The molecule has 0 amide bonds. The van der Waals surface area contributed by atoms with Crippen molar-refractivity contribution < 1.29 is 9.47 Å². The molecule has 0 unspecified atom stereocenters. The van der Waals surface area contributed by atoms with Crippen LogP contribution < -0.4 is 51.5 Å². The Morgan fingerprint density at radius 1 is 0.361 bits per heavy atom. The van der Waals surface area contributed by atoms with Crippen LogP contribution >= 0.6 is 0 Å². The SMILES string of the molecule is c1ccc(C2(c3ccccc3)c3ccccc3-c3ccc(-c4ccc5c(c4)[Si](c4ccccc4)(c4ccccc4)c4ccccc4N5c4cccc5c4Oc4cccc6c4B5c4ccccc4O6)cc32)cc1. The van der Waals surface area contributed by atoms with Crippen LogP contribution in [0, 0.1) is 0 Å². The first-order valence-corrected chi connectivity index (χ1v) is 26.9. The second-order valence-electron chi connectivity index (χ2n) is 19.4. The molecule has 0 fully saturated rings. The van der Waals surface area contributed by atoms with Gasteiger partial charge in [0.05, 0.1) is 11.1 Å². The molecule has 1 aliphatic carbocycles. The van der Waals surface area contributed by atoms with Crippen LogP contribution in [-0.2, 0) is 5.41 Å². The van der Waals surface area contributed by atoms with Gasteiger partial charge < -0.3 is 14.4 Å². The second-order valence-corrected chi connectivity index (χ2v) is 23.1. The number of anilines is 3. The van der Waals surface area contributed by atoms with E-state index in [0.717, 1.165) is 56.4 Å². The van der Waals surface area contributed by atoms with E-state index in [2.05, 4.69) is 266 Å². The van der Waals surface area contributed by atoms with Crippen molar-refractivity contribution in [2.75, 3.05) is 4.90 Å². The van der Waals surface area contributed by atoms with E-state index in [0.29, 0.717) is 0 Å². The maximum Gasteiger partial charge on any atom is 0.260 e. The molecule has 11 aromatic carbocycles. The molecule has 336 valence electrons. The normalized spacial score (nSPS) is 14.5. The Morgan fingerprint density at radius 3 is 1.64 bits per heavy atom. The lowest BCUT2D eigenvalue weighted by atomic mass is 9.35. The highest BCUT2D eigenvalue weighted by molar-refractivity contribution is 7.21. The maximum atomic E-state index is 7.22. The van der Waals surface area contributed by atoms with Gasteiger partial charge >= 0.3 is 0 Å². The standard InChI is InChI=1S/C67H44BNO2Si/c1-5-21-47(22-6-1)67(48-23-7-2-8-24-48)53-30-14-13-29-51(53)52-41-39-45(43-54(52)67)46-40-42-58-64(44-46)72(49-25-9-3-10-26-49,50-27-11-4-12-28-50)63-38-18-16-33-57(63)69(58)59-34-19-32-56-66(59)71-62-37-20-36-61-65(62)68(56)55-31-15-17-35-60(55)70-61/h1-44H. The molecule has 0 N–H and O–H groups in total. The molecule has 0 saturated carbocycles. The summed E-state index contributed by atoms with van der Waals surface area (Å²) in [4.78, 5) is 2.50. The van der Waals surface area contributed by atoms with Gasteiger partial charge in [-0.3, -0.25) is 0 Å². The quantitative estimate of drug-likeness (QED) is 0.155. The largest absolute Gasteiger partial charge is 0.458 e. The van der Waals surface area contributed by atoms with Crippen LogP contribution in [0.4, 0.5) is 17.1 Å². The number of hydrogen-bond donors (Lipinski definition) is 0. The van der Waals surface area contributed by atoms with Crippen LogP contribution in [0.15, 0.2) is 267 Å². The number of fused-ring (bicyclic) bond motifs is 9. The lowest BCUT2D eigenvalue weighted by Crippen LogP contribution is -2.77. The number of ether oxygens (including phenoxy) is 2. The number of rotatable bonds is 6. The molecular formula is C67H44BNO2Si. The van der Waals surface area contributed by atoms with E-state index in [1.165, 1.54) is 65.3 Å². The number of hydrogen-bond acceptors (Lipinski definition) is 3. The minimum absolute atomic E-state index is 0.0568. The van der Waals surface area contributed by atoms with E-state index >= 15 is 0 Å². The number of nitrogens with zero attached hydrogens (tertiary/aromatic N) is 1. The Kier molecular flexibility index (Phi) is 8.99. The molecule has 4 aliphatic rings. The van der Waals surface area contributed by atoms with Crippen LogP contribution in [0.1, 0.15) is 22.3 Å². The molecule has 15 rings (SSSR count). The second kappa shape index (κ2) is 15.8. The fraction of sp³-hybridized carbons (Fsp3) is 0.0149. The third kappa shape index (κ3) is 5.62. The van der Waals surface area contributed by atoms with Crippen LogP contribution in [0.2, 0.25) is 0 Å². The summed E-state index contributed by atoms with van der Waals surface area (Å²) < 4.78 is 13.8. The van der Waals surface area contributed by atoms with Gasteiger partial charge in [-0.25, -0.2) is 0 Å². The fourth-order valence-corrected chi connectivity index (χ4v) is 18.2. The predicted octanol–water partition coefficient (Wildman–Crippen LogP) is 11.6. The lowest BCUT2D eigenvalue weighted by molar-refractivity contribution is 0.465.